The number of carbonyl (C=O) groups is 3. The number of carbonyl (C=O) groups excluding carboxylic acids is 3. The van der Waals surface area contributed by atoms with Gasteiger partial charge in [-0.25, -0.2) is 9.59 Å². The summed E-state index contributed by atoms with van der Waals surface area (Å²) in [4.78, 5) is 39.6. The Balaban J connectivity index is 1.42. The molecule has 1 amide bonds. The predicted molar refractivity (Wildman–Crippen MR) is 147 cm³/mol. The summed E-state index contributed by atoms with van der Waals surface area (Å²) in [6, 6.07) is 3.42. The molecule has 2 bridgehead atoms. The minimum absolute atomic E-state index is 0.0345. The second-order valence-electron chi connectivity index (χ2n) is 13.3. The number of nitrogens with zero attached hydrogens (tertiary/aromatic N) is 1. The van der Waals surface area contributed by atoms with E-state index in [9.17, 15) is 19.5 Å². The van der Waals surface area contributed by atoms with Crippen LogP contribution >= 0.6 is 0 Å². The van der Waals surface area contributed by atoms with Gasteiger partial charge in [-0.15, -0.1) is 0 Å². The van der Waals surface area contributed by atoms with Crippen molar-refractivity contribution in [3.8, 4) is 11.5 Å². The Morgan fingerprint density at radius 1 is 1.10 bits per heavy atom. The topological polar surface area (TPSA) is 133 Å². The SMILES string of the molecule is CN1CCC23c4c5ccc(OC(=O)OC(C)(C)C)c4OC2C(OC(=O)CCNC(=O)OC(C)(C)C)=CCC3(O)C1C5. The zero-order valence-corrected chi connectivity index (χ0v) is 24.8. The lowest BCUT2D eigenvalue weighted by atomic mass is 9.50. The van der Waals surface area contributed by atoms with Crippen LogP contribution in [0.4, 0.5) is 9.59 Å². The molecular weight excluding hydrogens is 532 g/mol. The first-order valence-electron chi connectivity index (χ1n) is 14.1. The van der Waals surface area contributed by atoms with Gasteiger partial charge in [-0.05, 0) is 85.7 Å². The quantitative estimate of drug-likeness (QED) is 0.305. The minimum atomic E-state index is -1.19. The van der Waals surface area contributed by atoms with E-state index >= 15 is 0 Å². The third-order valence-electron chi connectivity index (χ3n) is 8.15. The third-order valence-corrected chi connectivity index (χ3v) is 8.15. The van der Waals surface area contributed by atoms with Gasteiger partial charge in [0.15, 0.2) is 17.6 Å². The molecule has 2 N–H and O–H groups in total. The summed E-state index contributed by atoms with van der Waals surface area (Å²) in [6.07, 6.45) is 0.748. The monoisotopic (exact) mass is 572 g/mol. The lowest BCUT2D eigenvalue weighted by Gasteiger charge is -2.61. The van der Waals surface area contributed by atoms with Crippen LogP contribution in [0.15, 0.2) is 24.0 Å². The van der Waals surface area contributed by atoms with Gasteiger partial charge < -0.3 is 39.0 Å². The molecule has 0 aromatic heterocycles. The number of nitrogens with one attached hydrogen (secondary N) is 1. The van der Waals surface area contributed by atoms with Crippen molar-refractivity contribution in [1.29, 1.82) is 0 Å². The number of esters is 1. The number of amides is 1. The van der Waals surface area contributed by atoms with E-state index in [2.05, 4.69) is 10.2 Å². The van der Waals surface area contributed by atoms with Gasteiger partial charge in [0.25, 0.3) is 0 Å². The molecule has 2 aliphatic heterocycles. The molecule has 1 fully saturated rings. The molecule has 11 nitrogen and oxygen atoms in total. The standard InChI is InChI=1S/C30H40N2O9/c1-27(2,3)40-25(34)31-14-11-21(33)37-19-10-12-30(36)20-16-17-8-9-18(38-26(35)41-28(4,5)6)23-22(17)29(30,24(19)39-23)13-15-32(20)7/h8-10,20,24,36H,11-16H2,1-7H3,(H,31,34). The van der Waals surface area contributed by atoms with Crippen molar-refractivity contribution in [2.75, 3.05) is 20.1 Å². The Morgan fingerprint density at radius 2 is 1.80 bits per heavy atom. The first kappa shape index (κ1) is 29.2. The van der Waals surface area contributed by atoms with Crippen molar-refractivity contribution in [2.24, 2.45) is 0 Å². The van der Waals surface area contributed by atoms with E-state index in [-0.39, 0.29) is 31.2 Å². The van der Waals surface area contributed by atoms with E-state index in [0.717, 1.165) is 11.1 Å². The van der Waals surface area contributed by atoms with Crippen LogP contribution in [0.2, 0.25) is 0 Å². The molecule has 0 radical (unpaired) electrons. The molecule has 1 saturated heterocycles. The van der Waals surface area contributed by atoms with Gasteiger partial charge in [0.05, 0.1) is 17.4 Å². The van der Waals surface area contributed by atoms with Gasteiger partial charge >= 0.3 is 18.2 Å². The fourth-order valence-electron chi connectivity index (χ4n) is 6.63. The number of ether oxygens (including phenoxy) is 5. The van der Waals surface area contributed by atoms with Crippen LogP contribution < -0.4 is 14.8 Å². The van der Waals surface area contributed by atoms with Crippen LogP contribution in [0.5, 0.6) is 11.5 Å². The van der Waals surface area contributed by atoms with Crippen molar-refractivity contribution in [3.63, 3.8) is 0 Å². The molecule has 4 aliphatic rings. The molecule has 41 heavy (non-hydrogen) atoms. The minimum Gasteiger partial charge on any atom is -0.477 e. The second kappa shape index (κ2) is 9.90. The first-order chi connectivity index (χ1) is 19.0. The van der Waals surface area contributed by atoms with E-state index in [1.54, 1.807) is 53.7 Å². The highest BCUT2D eigenvalue weighted by Gasteiger charge is 2.72. The summed E-state index contributed by atoms with van der Waals surface area (Å²) in [5.74, 6) is 0.288. The Kier molecular flexibility index (Phi) is 7.05. The van der Waals surface area contributed by atoms with Crippen LogP contribution in [0, 0.1) is 0 Å². The van der Waals surface area contributed by atoms with Crippen molar-refractivity contribution in [2.45, 2.75) is 102 Å². The largest absolute Gasteiger partial charge is 0.514 e. The second-order valence-corrected chi connectivity index (χ2v) is 13.3. The highest BCUT2D eigenvalue weighted by atomic mass is 16.7. The first-order valence-corrected chi connectivity index (χ1v) is 14.1. The maximum absolute atomic E-state index is 12.9. The number of alkyl carbamates (subject to hydrolysis) is 1. The lowest BCUT2D eigenvalue weighted by Crippen LogP contribution is -2.74. The molecule has 11 heteroatoms. The number of likely N-dealkylation sites (N-methyl/N-ethyl adjacent to an activating group) is 1. The van der Waals surface area contributed by atoms with Gasteiger partial charge in [0.1, 0.15) is 17.0 Å². The fraction of sp³-hybridized carbons (Fsp3) is 0.633. The average Bonchev–Trinajstić information content (AvgIpc) is 3.18. The Hall–Kier alpha value is -3.31. The molecule has 1 aromatic rings. The Bertz CT molecular complexity index is 1290. The zero-order chi connectivity index (χ0) is 30.0. The van der Waals surface area contributed by atoms with Crippen molar-refractivity contribution < 1.29 is 43.2 Å². The van der Waals surface area contributed by atoms with Gasteiger partial charge in [0.2, 0.25) is 0 Å². The molecule has 5 rings (SSSR count). The highest BCUT2D eigenvalue weighted by molar-refractivity contribution is 5.74. The summed E-state index contributed by atoms with van der Waals surface area (Å²) in [5, 5.41) is 14.9. The van der Waals surface area contributed by atoms with Crippen molar-refractivity contribution in [1.82, 2.24) is 10.2 Å². The van der Waals surface area contributed by atoms with Crippen LogP contribution in [0.3, 0.4) is 0 Å². The van der Waals surface area contributed by atoms with E-state index in [4.69, 9.17) is 23.7 Å². The molecule has 4 unspecified atom stereocenters. The number of rotatable bonds is 5. The average molecular weight is 573 g/mol. The van der Waals surface area contributed by atoms with Crippen LogP contribution in [0.25, 0.3) is 0 Å². The smallest absolute Gasteiger partial charge is 0.477 e. The summed E-state index contributed by atoms with van der Waals surface area (Å²) in [7, 11) is 2.00. The summed E-state index contributed by atoms with van der Waals surface area (Å²) in [5.41, 5.74) is -1.71. The van der Waals surface area contributed by atoms with Gasteiger partial charge in [0, 0.05) is 24.6 Å². The van der Waals surface area contributed by atoms with Crippen LogP contribution in [0.1, 0.15) is 71.9 Å². The number of benzene rings is 1. The molecule has 1 aromatic carbocycles. The van der Waals surface area contributed by atoms with E-state index in [1.807, 2.05) is 13.1 Å². The molecular formula is C30H40N2O9. The molecule has 1 spiro atoms. The van der Waals surface area contributed by atoms with Gasteiger partial charge in [-0.2, -0.15) is 0 Å². The van der Waals surface area contributed by atoms with Crippen LogP contribution in [-0.2, 0) is 30.8 Å². The normalized spacial score (nSPS) is 28.0. The molecule has 4 atom stereocenters. The number of piperidine rings is 1. The predicted octanol–water partition coefficient (Wildman–Crippen LogP) is 3.74. The lowest BCUT2D eigenvalue weighted by molar-refractivity contribution is -0.169. The Labute approximate surface area is 240 Å². The third kappa shape index (κ3) is 5.14. The highest BCUT2D eigenvalue weighted by Crippen LogP contribution is 2.65. The fourth-order valence-corrected chi connectivity index (χ4v) is 6.63. The van der Waals surface area contributed by atoms with E-state index in [1.165, 1.54) is 0 Å². The van der Waals surface area contributed by atoms with Crippen molar-refractivity contribution >= 4 is 18.2 Å². The van der Waals surface area contributed by atoms with Gasteiger partial charge in [-0.1, -0.05) is 6.07 Å². The van der Waals surface area contributed by atoms with Crippen LogP contribution in [-0.4, -0.2) is 77.3 Å². The summed E-state index contributed by atoms with van der Waals surface area (Å²) in [6.45, 7) is 11.2. The van der Waals surface area contributed by atoms with Crippen molar-refractivity contribution in [3.05, 3.63) is 35.1 Å². The van der Waals surface area contributed by atoms with Gasteiger partial charge in [-0.3, -0.25) is 4.79 Å². The molecule has 0 saturated carbocycles. The Morgan fingerprint density at radius 3 is 2.49 bits per heavy atom. The summed E-state index contributed by atoms with van der Waals surface area (Å²) >= 11 is 0. The number of hydrogen-bond acceptors (Lipinski definition) is 10. The number of hydrogen-bond donors (Lipinski definition) is 2. The van der Waals surface area contributed by atoms with E-state index in [0.29, 0.717) is 30.9 Å². The maximum Gasteiger partial charge on any atom is 0.514 e. The van der Waals surface area contributed by atoms with E-state index < -0.39 is 46.5 Å². The molecule has 2 aliphatic carbocycles. The summed E-state index contributed by atoms with van der Waals surface area (Å²) < 4.78 is 28.5. The number of aliphatic hydroxyl groups is 1. The number of likely N-dealkylation sites (tertiary alicyclic amines) is 1. The molecule has 2 heterocycles. The zero-order valence-electron chi connectivity index (χ0n) is 24.8. The molecule has 224 valence electrons. The maximum atomic E-state index is 12.9.